The van der Waals surface area contributed by atoms with Gasteiger partial charge in [0.15, 0.2) is 0 Å². The summed E-state index contributed by atoms with van der Waals surface area (Å²) >= 11 is 0. The van der Waals surface area contributed by atoms with Gasteiger partial charge in [-0.1, -0.05) is 58.0 Å². The molecule has 0 N–H and O–H groups in total. The molecule has 1 fully saturated rings. The second-order valence-corrected chi connectivity index (χ2v) is 3.78. The molecule has 0 aromatic heterocycles. The fourth-order valence-electron chi connectivity index (χ4n) is 2.04. The van der Waals surface area contributed by atoms with Gasteiger partial charge in [-0.2, -0.15) is 0 Å². The van der Waals surface area contributed by atoms with Crippen LogP contribution in [0.4, 0.5) is 0 Å². The Labute approximate surface area is 65.5 Å². The molecule has 0 aliphatic carbocycles. The van der Waals surface area contributed by atoms with Gasteiger partial charge in [0.2, 0.25) is 0 Å². The van der Waals surface area contributed by atoms with Gasteiger partial charge in [0.25, 0.3) is 0 Å². The van der Waals surface area contributed by atoms with Crippen molar-refractivity contribution in [1.29, 1.82) is 0 Å². The molecular formula is C9H19B. The van der Waals surface area contributed by atoms with Gasteiger partial charge in [0.05, 0.1) is 0 Å². The Balaban J connectivity index is 2.24. The van der Waals surface area contributed by atoms with Crippen molar-refractivity contribution in [2.75, 3.05) is 0 Å². The van der Waals surface area contributed by atoms with Crippen LogP contribution in [0, 0.1) is 0 Å². The lowest BCUT2D eigenvalue weighted by molar-refractivity contribution is 0.697. The Morgan fingerprint density at radius 3 is 2.30 bits per heavy atom. The zero-order valence-corrected chi connectivity index (χ0v) is 7.40. The third kappa shape index (κ3) is 2.03. The number of hydrogen-bond donors (Lipinski definition) is 0. The molecule has 0 nitrogen and oxygen atoms in total. The Kier molecular flexibility index (Phi) is 3.31. The van der Waals surface area contributed by atoms with Gasteiger partial charge in [-0.3, -0.25) is 0 Å². The van der Waals surface area contributed by atoms with Crippen molar-refractivity contribution in [2.45, 2.75) is 58.0 Å². The van der Waals surface area contributed by atoms with Crippen molar-refractivity contribution in [1.82, 2.24) is 0 Å². The van der Waals surface area contributed by atoms with Gasteiger partial charge in [-0.05, 0) is 0 Å². The second-order valence-electron chi connectivity index (χ2n) is 3.78. The van der Waals surface area contributed by atoms with Crippen LogP contribution in [-0.2, 0) is 0 Å². The van der Waals surface area contributed by atoms with E-state index in [4.69, 9.17) is 0 Å². The molecule has 0 bridgehead atoms. The summed E-state index contributed by atoms with van der Waals surface area (Å²) in [6.45, 7) is 5.80. The first-order valence-electron chi connectivity index (χ1n) is 4.84. The maximum absolute atomic E-state index is 2.41. The first kappa shape index (κ1) is 8.16. The Hall–Kier alpha value is 0.0649. The molecule has 0 saturated carbocycles. The molecular weight excluding hydrogens is 119 g/mol. The molecule has 0 aromatic carbocycles. The minimum Gasteiger partial charge on any atom is -0.0739 e. The summed E-state index contributed by atoms with van der Waals surface area (Å²) in [5, 5.41) is 0. The monoisotopic (exact) mass is 138 g/mol. The molecule has 0 aromatic rings. The molecule has 0 radical (unpaired) electrons. The zero-order chi connectivity index (χ0) is 7.40. The molecule has 1 aliphatic rings. The van der Waals surface area contributed by atoms with Crippen molar-refractivity contribution in [3.63, 3.8) is 0 Å². The minimum atomic E-state index is 0.986. The van der Waals surface area contributed by atoms with Gasteiger partial charge in [0.1, 0.15) is 6.71 Å². The highest BCUT2D eigenvalue weighted by molar-refractivity contribution is 6.60. The van der Waals surface area contributed by atoms with Crippen LogP contribution in [0.15, 0.2) is 0 Å². The standard InChI is InChI=1S/C9H19B/c1-3-9(2)10-7-5-4-6-8-10/h9H,3-8H2,1-2H3. The molecule has 0 amide bonds. The van der Waals surface area contributed by atoms with E-state index in [1.807, 2.05) is 0 Å². The van der Waals surface area contributed by atoms with Gasteiger partial charge < -0.3 is 0 Å². The third-order valence-corrected chi connectivity index (χ3v) is 3.10. The molecule has 1 heterocycles. The summed E-state index contributed by atoms with van der Waals surface area (Å²) in [4.78, 5) is 0. The van der Waals surface area contributed by atoms with E-state index >= 15 is 0 Å². The van der Waals surface area contributed by atoms with Crippen LogP contribution in [0.1, 0.15) is 39.5 Å². The smallest absolute Gasteiger partial charge is 0.0739 e. The number of rotatable bonds is 2. The topological polar surface area (TPSA) is 0 Å². The quantitative estimate of drug-likeness (QED) is 0.512. The Morgan fingerprint density at radius 2 is 1.80 bits per heavy atom. The van der Waals surface area contributed by atoms with E-state index in [1.54, 1.807) is 0 Å². The summed E-state index contributed by atoms with van der Waals surface area (Å²) in [6.07, 6.45) is 8.88. The summed E-state index contributed by atoms with van der Waals surface area (Å²) in [5.41, 5.74) is 0. The zero-order valence-electron chi connectivity index (χ0n) is 7.40. The molecule has 58 valence electrons. The van der Waals surface area contributed by atoms with Gasteiger partial charge in [-0.15, -0.1) is 0 Å². The van der Waals surface area contributed by atoms with E-state index in [-0.39, 0.29) is 0 Å². The average molecular weight is 138 g/mol. The average Bonchev–Trinajstić information content (AvgIpc) is 2.05. The molecule has 1 aliphatic heterocycles. The first-order chi connectivity index (χ1) is 4.84. The number of hydrogen-bond acceptors (Lipinski definition) is 0. The summed E-state index contributed by atoms with van der Waals surface area (Å²) in [5.74, 6) is 0.986. The van der Waals surface area contributed by atoms with Crippen molar-refractivity contribution in [3.8, 4) is 0 Å². The summed E-state index contributed by atoms with van der Waals surface area (Å²) in [7, 11) is 0. The molecule has 0 spiro atoms. The highest BCUT2D eigenvalue weighted by Crippen LogP contribution is 2.28. The van der Waals surface area contributed by atoms with E-state index in [2.05, 4.69) is 13.8 Å². The molecule has 1 atom stereocenters. The van der Waals surface area contributed by atoms with E-state index < -0.39 is 0 Å². The first-order valence-corrected chi connectivity index (χ1v) is 4.84. The van der Waals surface area contributed by atoms with Crippen LogP contribution >= 0.6 is 0 Å². The minimum absolute atomic E-state index is 0.986. The molecule has 1 heteroatoms. The van der Waals surface area contributed by atoms with Crippen molar-refractivity contribution >= 4 is 6.71 Å². The molecule has 1 unspecified atom stereocenters. The lowest BCUT2D eigenvalue weighted by Crippen LogP contribution is -2.20. The summed E-state index contributed by atoms with van der Waals surface area (Å²) < 4.78 is 0. The van der Waals surface area contributed by atoms with Crippen molar-refractivity contribution in [2.24, 2.45) is 0 Å². The SMILES string of the molecule is CCC(C)B1CCCCC1. The predicted octanol–water partition coefficient (Wildman–Crippen LogP) is 3.47. The maximum Gasteiger partial charge on any atom is 0.142 e. The lowest BCUT2D eigenvalue weighted by atomic mass is 9.34. The van der Waals surface area contributed by atoms with Crippen LogP contribution in [0.5, 0.6) is 0 Å². The fraction of sp³-hybridized carbons (Fsp3) is 1.00. The summed E-state index contributed by atoms with van der Waals surface area (Å²) in [6, 6.07) is 0. The lowest BCUT2D eigenvalue weighted by Gasteiger charge is -2.23. The van der Waals surface area contributed by atoms with Gasteiger partial charge in [-0.25, -0.2) is 0 Å². The third-order valence-electron chi connectivity index (χ3n) is 3.10. The van der Waals surface area contributed by atoms with E-state index in [9.17, 15) is 0 Å². The van der Waals surface area contributed by atoms with Gasteiger partial charge >= 0.3 is 0 Å². The maximum atomic E-state index is 2.41. The van der Waals surface area contributed by atoms with Crippen molar-refractivity contribution in [3.05, 3.63) is 0 Å². The predicted molar refractivity (Wildman–Crippen MR) is 48.9 cm³/mol. The molecule has 10 heavy (non-hydrogen) atoms. The fourth-order valence-corrected chi connectivity index (χ4v) is 2.04. The van der Waals surface area contributed by atoms with Crippen LogP contribution in [0.3, 0.4) is 0 Å². The highest BCUT2D eigenvalue weighted by atomic mass is 14.0. The van der Waals surface area contributed by atoms with Crippen LogP contribution in [-0.4, -0.2) is 6.71 Å². The Bertz CT molecular complexity index is 84.7. The molecule has 1 saturated heterocycles. The van der Waals surface area contributed by atoms with Crippen LogP contribution in [0.25, 0.3) is 0 Å². The van der Waals surface area contributed by atoms with E-state index in [0.717, 1.165) is 12.5 Å². The normalized spacial score (nSPS) is 22.8. The van der Waals surface area contributed by atoms with Crippen LogP contribution in [0.2, 0.25) is 18.5 Å². The molecule has 1 rings (SSSR count). The van der Waals surface area contributed by atoms with E-state index in [0.29, 0.717) is 0 Å². The Morgan fingerprint density at radius 1 is 1.20 bits per heavy atom. The van der Waals surface area contributed by atoms with Gasteiger partial charge in [0, 0.05) is 0 Å². The van der Waals surface area contributed by atoms with Crippen LogP contribution < -0.4 is 0 Å². The van der Waals surface area contributed by atoms with Crippen molar-refractivity contribution < 1.29 is 0 Å². The highest BCUT2D eigenvalue weighted by Gasteiger charge is 2.21. The second kappa shape index (κ2) is 4.05. The largest absolute Gasteiger partial charge is 0.142 e. The van der Waals surface area contributed by atoms with E-state index in [1.165, 1.54) is 38.3 Å².